The number of nitrogens with one attached hydrogen (secondary N) is 1. The Morgan fingerprint density at radius 3 is 3.12 bits per heavy atom. The van der Waals surface area contributed by atoms with E-state index in [1.54, 1.807) is 5.38 Å². The smallest absolute Gasteiger partial charge is 0.326 e. The highest BCUT2D eigenvalue weighted by molar-refractivity contribution is 7.13. The SMILES string of the molecule is NC(C(=O)O)c1csc(N2CCNC(=O)C2)n1. The molecule has 8 heteroatoms. The van der Waals surface area contributed by atoms with Crippen molar-refractivity contribution in [2.75, 3.05) is 24.5 Å². The number of thiazole rings is 1. The van der Waals surface area contributed by atoms with Crippen LogP contribution in [-0.2, 0) is 9.59 Å². The Hall–Kier alpha value is -1.67. The van der Waals surface area contributed by atoms with Gasteiger partial charge in [0.15, 0.2) is 5.13 Å². The number of aliphatic carboxylic acids is 1. The number of anilines is 1. The molecule has 0 radical (unpaired) electrons. The van der Waals surface area contributed by atoms with Gasteiger partial charge >= 0.3 is 5.97 Å². The lowest BCUT2D eigenvalue weighted by Crippen LogP contribution is -2.47. The molecule has 1 aromatic rings. The molecule has 1 amide bonds. The van der Waals surface area contributed by atoms with Gasteiger partial charge in [0.1, 0.15) is 6.04 Å². The van der Waals surface area contributed by atoms with Crippen LogP contribution in [0.1, 0.15) is 11.7 Å². The highest BCUT2D eigenvalue weighted by atomic mass is 32.1. The van der Waals surface area contributed by atoms with Gasteiger partial charge in [-0.2, -0.15) is 0 Å². The molecule has 0 saturated carbocycles. The number of carbonyl (C=O) groups is 2. The lowest BCUT2D eigenvalue weighted by molar-refractivity contribution is -0.138. The zero-order valence-corrected chi connectivity index (χ0v) is 9.74. The zero-order valence-electron chi connectivity index (χ0n) is 8.92. The first kappa shape index (κ1) is 11.8. The van der Waals surface area contributed by atoms with Crippen molar-refractivity contribution < 1.29 is 14.7 Å². The van der Waals surface area contributed by atoms with Gasteiger partial charge in [0, 0.05) is 18.5 Å². The molecule has 1 aliphatic heterocycles. The fourth-order valence-electron chi connectivity index (χ4n) is 1.49. The van der Waals surface area contributed by atoms with E-state index in [9.17, 15) is 9.59 Å². The summed E-state index contributed by atoms with van der Waals surface area (Å²) in [7, 11) is 0. The van der Waals surface area contributed by atoms with E-state index in [0.29, 0.717) is 23.9 Å². The number of hydrogen-bond acceptors (Lipinski definition) is 6. The minimum absolute atomic E-state index is 0.0597. The Morgan fingerprint density at radius 2 is 2.47 bits per heavy atom. The number of carbonyl (C=O) groups excluding carboxylic acids is 1. The second-order valence-electron chi connectivity index (χ2n) is 3.64. The summed E-state index contributed by atoms with van der Waals surface area (Å²) < 4.78 is 0. The van der Waals surface area contributed by atoms with Gasteiger partial charge in [-0.25, -0.2) is 4.98 Å². The molecule has 2 rings (SSSR count). The van der Waals surface area contributed by atoms with E-state index in [0.717, 1.165) is 0 Å². The summed E-state index contributed by atoms with van der Waals surface area (Å²) >= 11 is 1.30. The molecular weight excluding hydrogens is 244 g/mol. The van der Waals surface area contributed by atoms with E-state index < -0.39 is 12.0 Å². The van der Waals surface area contributed by atoms with Gasteiger partial charge in [0.05, 0.1) is 12.2 Å². The maximum Gasteiger partial charge on any atom is 0.326 e. The molecule has 1 fully saturated rings. The molecule has 1 atom stereocenters. The van der Waals surface area contributed by atoms with Crippen LogP contribution in [0, 0.1) is 0 Å². The average molecular weight is 256 g/mol. The van der Waals surface area contributed by atoms with Gasteiger partial charge in [-0.05, 0) is 0 Å². The molecular formula is C9H12N4O3S. The number of hydrogen-bond donors (Lipinski definition) is 3. The summed E-state index contributed by atoms with van der Waals surface area (Å²) in [5, 5.41) is 13.7. The molecule has 1 aliphatic rings. The largest absolute Gasteiger partial charge is 0.480 e. The summed E-state index contributed by atoms with van der Waals surface area (Å²) in [4.78, 5) is 27.9. The quantitative estimate of drug-likeness (QED) is 0.651. The number of carboxylic acids is 1. The predicted molar refractivity (Wildman–Crippen MR) is 61.9 cm³/mol. The van der Waals surface area contributed by atoms with Crippen molar-refractivity contribution in [1.29, 1.82) is 0 Å². The summed E-state index contributed by atoms with van der Waals surface area (Å²) in [6.45, 7) is 1.48. The average Bonchev–Trinajstić information content (AvgIpc) is 2.77. The first-order valence-corrected chi connectivity index (χ1v) is 5.91. The number of aromatic nitrogens is 1. The maximum absolute atomic E-state index is 11.2. The third-order valence-corrected chi connectivity index (χ3v) is 3.32. The van der Waals surface area contributed by atoms with Crippen LogP contribution in [0.15, 0.2) is 5.38 Å². The molecule has 0 aromatic carbocycles. The lowest BCUT2D eigenvalue weighted by Gasteiger charge is -2.25. The van der Waals surface area contributed by atoms with Gasteiger partial charge < -0.3 is 21.1 Å². The van der Waals surface area contributed by atoms with E-state index >= 15 is 0 Å². The molecule has 1 aromatic heterocycles. The third kappa shape index (κ3) is 2.53. The Kier molecular flexibility index (Phi) is 3.25. The van der Waals surface area contributed by atoms with E-state index in [4.69, 9.17) is 10.8 Å². The Balaban J connectivity index is 2.12. The molecule has 0 bridgehead atoms. The number of carboxylic acid groups (broad SMARTS) is 1. The molecule has 92 valence electrons. The standard InChI is InChI=1S/C9H12N4O3S/c10-7(8(15)16)5-4-17-9(12-5)13-2-1-11-6(14)3-13/h4,7H,1-3,10H2,(H,11,14)(H,15,16). The number of piperazine rings is 1. The van der Waals surface area contributed by atoms with Crippen molar-refractivity contribution in [3.8, 4) is 0 Å². The number of nitrogens with two attached hydrogens (primary N) is 1. The van der Waals surface area contributed by atoms with Gasteiger partial charge in [-0.3, -0.25) is 9.59 Å². The summed E-state index contributed by atoms with van der Waals surface area (Å²) in [6, 6.07) is -1.11. The van der Waals surface area contributed by atoms with Crippen molar-refractivity contribution >= 4 is 28.3 Å². The number of rotatable bonds is 3. The maximum atomic E-state index is 11.2. The molecule has 0 spiro atoms. The van der Waals surface area contributed by atoms with Gasteiger partial charge in [0.25, 0.3) is 0 Å². The Labute approximate surface area is 101 Å². The lowest BCUT2D eigenvalue weighted by atomic mass is 10.2. The van der Waals surface area contributed by atoms with E-state index in [1.165, 1.54) is 11.3 Å². The van der Waals surface area contributed by atoms with Gasteiger partial charge in [-0.15, -0.1) is 11.3 Å². The summed E-state index contributed by atoms with van der Waals surface area (Å²) in [5.41, 5.74) is 5.78. The number of nitrogens with zero attached hydrogens (tertiary/aromatic N) is 2. The van der Waals surface area contributed by atoms with Crippen molar-refractivity contribution in [1.82, 2.24) is 10.3 Å². The second kappa shape index (κ2) is 4.68. The minimum Gasteiger partial charge on any atom is -0.480 e. The third-order valence-electron chi connectivity index (χ3n) is 2.40. The highest BCUT2D eigenvalue weighted by Crippen LogP contribution is 2.23. The monoisotopic (exact) mass is 256 g/mol. The van der Waals surface area contributed by atoms with Crippen molar-refractivity contribution in [2.24, 2.45) is 5.73 Å². The van der Waals surface area contributed by atoms with E-state index in [-0.39, 0.29) is 12.5 Å². The van der Waals surface area contributed by atoms with Crippen molar-refractivity contribution in [3.05, 3.63) is 11.1 Å². The van der Waals surface area contributed by atoms with Crippen LogP contribution in [0.4, 0.5) is 5.13 Å². The summed E-state index contributed by atoms with van der Waals surface area (Å²) in [5.74, 6) is -1.17. The van der Waals surface area contributed by atoms with Gasteiger partial charge in [0.2, 0.25) is 5.91 Å². The molecule has 2 heterocycles. The Bertz CT molecular complexity index is 447. The molecule has 17 heavy (non-hydrogen) atoms. The van der Waals surface area contributed by atoms with E-state index in [1.807, 2.05) is 4.90 Å². The van der Waals surface area contributed by atoms with Crippen LogP contribution in [0.25, 0.3) is 0 Å². The number of amides is 1. The van der Waals surface area contributed by atoms with Crippen LogP contribution in [0.2, 0.25) is 0 Å². The molecule has 1 unspecified atom stereocenters. The zero-order chi connectivity index (χ0) is 12.4. The van der Waals surface area contributed by atoms with Crippen LogP contribution in [0.5, 0.6) is 0 Å². The molecule has 1 saturated heterocycles. The van der Waals surface area contributed by atoms with Gasteiger partial charge in [-0.1, -0.05) is 0 Å². The summed E-state index contributed by atoms with van der Waals surface area (Å²) in [6.07, 6.45) is 0. The van der Waals surface area contributed by atoms with Crippen molar-refractivity contribution in [3.63, 3.8) is 0 Å². The Morgan fingerprint density at radius 1 is 1.71 bits per heavy atom. The topological polar surface area (TPSA) is 109 Å². The molecule has 7 nitrogen and oxygen atoms in total. The van der Waals surface area contributed by atoms with Crippen LogP contribution in [0.3, 0.4) is 0 Å². The van der Waals surface area contributed by atoms with Crippen LogP contribution < -0.4 is 16.0 Å². The molecule has 0 aliphatic carbocycles. The van der Waals surface area contributed by atoms with Crippen molar-refractivity contribution in [2.45, 2.75) is 6.04 Å². The molecule has 4 N–H and O–H groups in total. The minimum atomic E-state index is -1.11. The fourth-order valence-corrected chi connectivity index (χ4v) is 2.38. The predicted octanol–water partition coefficient (Wildman–Crippen LogP) is -0.836. The normalized spacial score (nSPS) is 17.7. The van der Waals surface area contributed by atoms with E-state index in [2.05, 4.69) is 10.3 Å². The first-order chi connectivity index (χ1) is 8.08. The van der Waals surface area contributed by atoms with Crippen LogP contribution >= 0.6 is 11.3 Å². The van der Waals surface area contributed by atoms with Crippen LogP contribution in [-0.4, -0.2) is 41.6 Å². The fraction of sp³-hybridized carbons (Fsp3) is 0.444. The first-order valence-electron chi connectivity index (χ1n) is 5.03. The second-order valence-corrected chi connectivity index (χ2v) is 4.48. The highest BCUT2D eigenvalue weighted by Gasteiger charge is 2.22.